The molecule has 4 rings (SSSR count). The van der Waals surface area contributed by atoms with Crippen molar-refractivity contribution in [2.24, 2.45) is 16.8 Å². The van der Waals surface area contributed by atoms with Crippen LogP contribution in [0.1, 0.15) is 17.2 Å². The Balaban J connectivity index is 1.77. The fourth-order valence-corrected chi connectivity index (χ4v) is 3.91. The van der Waals surface area contributed by atoms with Gasteiger partial charge in [-0.25, -0.2) is 9.80 Å². The monoisotopic (exact) mass is 346 g/mol. The van der Waals surface area contributed by atoms with Gasteiger partial charge in [-0.2, -0.15) is 5.10 Å². The average Bonchev–Trinajstić information content (AvgIpc) is 3.03. The van der Waals surface area contributed by atoms with Gasteiger partial charge in [-0.05, 0) is 29.8 Å². The summed E-state index contributed by atoms with van der Waals surface area (Å²) in [5.41, 5.74) is 9.96. The molecule has 5 heteroatoms. The molecule has 2 aliphatic rings. The van der Waals surface area contributed by atoms with Crippen molar-refractivity contribution in [3.05, 3.63) is 77.4 Å². The van der Waals surface area contributed by atoms with E-state index in [1.807, 2.05) is 48.5 Å². The molecule has 0 saturated carbocycles. The molecule has 5 nitrogen and oxygen atoms in total. The summed E-state index contributed by atoms with van der Waals surface area (Å²) >= 11 is 0. The first-order chi connectivity index (χ1) is 12.6. The van der Waals surface area contributed by atoms with E-state index in [0.29, 0.717) is 0 Å². The van der Waals surface area contributed by atoms with E-state index >= 15 is 0 Å². The minimum atomic E-state index is -0.512. The second-order valence-corrected chi connectivity index (χ2v) is 6.91. The van der Waals surface area contributed by atoms with Gasteiger partial charge in [0.05, 0.1) is 11.8 Å². The summed E-state index contributed by atoms with van der Waals surface area (Å²) in [4.78, 5) is 14.4. The number of primary amides is 1. The van der Waals surface area contributed by atoms with Crippen LogP contribution in [0.4, 0.5) is 4.79 Å². The number of nitrogens with zero attached hydrogens (tertiary/aromatic N) is 3. The third-order valence-corrected chi connectivity index (χ3v) is 5.00. The maximum atomic E-state index is 12.1. The van der Waals surface area contributed by atoms with E-state index in [1.54, 1.807) is 0 Å². The molecule has 0 unspecified atom stereocenters. The zero-order valence-corrected chi connectivity index (χ0v) is 14.7. The minimum Gasteiger partial charge on any atom is -0.350 e. The summed E-state index contributed by atoms with van der Waals surface area (Å²) < 4.78 is 0. The number of nitrogens with two attached hydrogens (primary N) is 1. The zero-order chi connectivity index (χ0) is 18.1. The number of likely N-dealkylation sites (tertiary alicyclic amines) is 1. The number of piperidine rings is 1. The summed E-state index contributed by atoms with van der Waals surface area (Å²) in [5, 5.41) is 6.11. The average molecular weight is 346 g/mol. The largest absolute Gasteiger partial charge is 0.350 e. The van der Waals surface area contributed by atoms with Crippen LogP contribution in [0.2, 0.25) is 0 Å². The fraction of sp³-hybridized carbons (Fsp3) is 0.238. The second-order valence-electron chi connectivity index (χ2n) is 6.91. The molecular weight excluding hydrogens is 324 g/mol. The van der Waals surface area contributed by atoms with Crippen LogP contribution in [-0.2, 0) is 0 Å². The minimum absolute atomic E-state index is 0.110. The fourth-order valence-electron chi connectivity index (χ4n) is 3.91. The van der Waals surface area contributed by atoms with Crippen molar-refractivity contribution in [3.63, 3.8) is 0 Å². The highest BCUT2D eigenvalue weighted by atomic mass is 16.2. The van der Waals surface area contributed by atoms with Gasteiger partial charge in [0.2, 0.25) is 0 Å². The summed E-state index contributed by atoms with van der Waals surface area (Å²) in [7, 11) is 2.10. The Labute approximate surface area is 153 Å². The van der Waals surface area contributed by atoms with Crippen molar-refractivity contribution in [1.29, 1.82) is 0 Å². The normalized spacial score (nSPS) is 24.4. The van der Waals surface area contributed by atoms with E-state index in [-0.39, 0.29) is 12.0 Å². The summed E-state index contributed by atoms with van der Waals surface area (Å²) in [6.07, 6.45) is 2.16. The Morgan fingerprint density at radius 3 is 2.42 bits per heavy atom. The van der Waals surface area contributed by atoms with Crippen molar-refractivity contribution in [3.8, 4) is 0 Å². The molecule has 0 aliphatic carbocycles. The molecule has 132 valence electrons. The lowest BCUT2D eigenvalue weighted by molar-refractivity contribution is 0.176. The lowest BCUT2D eigenvalue weighted by atomic mass is 9.83. The number of amides is 2. The predicted molar refractivity (Wildman–Crippen MR) is 103 cm³/mol. The molecule has 26 heavy (non-hydrogen) atoms. The summed E-state index contributed by atoms with van der Waals surface area (Å²) in [6, 6.07) is 19.5. The number of urea groups is 1. The predicted octanol–water partition coefficient (Wildman–Crippen LogP) is 3.12. The number of hydrogen-bond acceptors (Lipinski definition) is 3. The van der Waals surface area contributed by atoms with E-state index in [4.69, 9.17) is 5.73 Å². The molecule has 2 atom stereocenters. The van der Waals surface area contributed by atoms with Crippen LogP contribution in [0.5, 0.6) is 0 Å². The number of rotatable bonds is 2. The Morgan fingerprint density at radius 1 is 1.12 bits per heavy atom. The molecule has 0 radical (unpaired) electrons. The van der Waals surface area contributed by atoms with Gasteiger partial charge >= 0.3 is 6.03 Å². The maximum Gasteiger partial charge on any atom is 0.335 e. The second kappa shape index (κ2) is 6.77. The van der Waals surface area contributed by atoms with Crippen LogP contribution in [0, 0.1) is 5.92 Å². The van der Waals surface area contributed by atoms with E-state index in [2.05, 4.69) is 35.3 Å². The Kier molecular flexibility index (Phi) is 4.31. The van der Waals surface area contributed by atoms with Gasteiger partial charge in [-0.15, -0.1) is 0 Å². The van der Waals surface area contributed by atoms with E-state index in [9.17, 15) is 4.79 Å². The Bertz CT molecular complexity index is 860. The molecule has 2 heterocycles. The molecule has 2 N–H and O–H groups in total. The molecule has 2 aromatic carbocycles. The molecule has 2 aliphatic heterocycles. The van der Waals surface area contributed by atoms with Crippen LogP contribution in [0.15, 0.2) is 71.3 Å². The number of carbonyl (C=O) groups excluding carboxylic acids is 1. The van der Waals surface area contributed by atoms with Crippen molar-refractivity contribution in [1.82, 2.24) is 9.91 Å². The van der Waals surface area contributed by atoms with Crippen LogP contribution >= 0.6 is 0 Å². The first kappa shape index (κ1) is 16.5. The highest BCUT2D eigenvalue weighted by Crippen LogP contribution is 2.40. The maximum absolute atomic E-state index is 12.1. The molecule has 1 fully saturated rings. The van der Waals surface area contributed by atoms with Crippen molar-refractivity contribution < 1.29 is 4.79 Å². The van der Waals surface area contributed by atoms with E-state index in [0.717, 1.165) is 35.5 Å². The third-order valence-electron chi connectivity index (χ3n) is 5.00. The first-order valence-corrected chi connectivity index (χ1v) is 8.80. The third kappa shape index (κ3) is 3.02. The van der Waals surface area contributed by atoms with Gasteiger partial charge < -0.3 is 10.6 Å². The molecule has 0 spiro atoms. The molecule has 0 aromatic heterocycles. The highest BCUT2D eigenvalue weighted by molar-refractivity contribution is 6.08. The van der Waals surface area contributed by atoms with E-state index < -0.39 is 6.03 Å². The topological polar surface area (TPSA) is 61.9 Å². The standard InChI is InChI=1S/C21H22N4O/c1-24-13-17(12-15-8-4-2-5-9-15)19-18(14-24)20(25(23-19)21(22)26)16-10-6-3-7-11-16/h2-12,18,20H,13-14H2,1H3,(H2,22,26)/b17-12+/t18-,20+/m1/s1. The van der Waals surface area contributed by atoms with Crippen molar-refractivity contribution >= 4 is 17.8 Å². The number of likely N-dealkylation sites (N-methyl/N-ethyl adjacent to an activating group) is 1. The van der Waals surface area contributed by atoms with Gasteiger partial charge in [-0.3, -0.25) is 0 Å². The molecular formula is C21H22N4O. The van der Waals surface area contributed by atoms with Gasteiger partial charge in [0, 0.05) is 19.0 Å². The van der Waals surface area contributed by atoms with Crippen LogP contribution in [0.3, 0.4) is 0 Å². The SMILES string of the molecule is CN1C/C(=C\c2ccccc2)C2=NN(C(N)=O)[C@@H](c3ccccc3)[C@@H]2C1. The van der Waals surface area contributed by atoms with Gasteiger partial charge in [0.25, 0.3) is 0 Å². The molecule has 2 aromatic rings. The van der Waals surface area contributed by atoms with Gasteiger partial charge in [-0.1, -0.05) is 60.7 Å². The van der Waals surface area contributed by atoms with Crippen LogP contribution < -0.4 is 5.73 Å². The number of carbonyl (C=O) groups is 1. The first-order valence-electron chi connectivity index (χ1n) is 8.80. The molecule has 2 amide bonds. The number of hydrogen-bond donors (Lipinski definition) is 1. The summed E-state index contributed by atoms with van der Waals surface area (Å²) in [6.45, 7) is 1.65. The van der Waals surface area contributed by atoms with Crippen LogP contribution in [-0.4, -0.2) is 41.8 Å². The molecule has 0 bridgehead atoms. The van der Waals surface area contributed by atoms with Gasteiger partial charge in [0.1, 0.15) is 0 Å². The highest BCUT2D eigenvalue weighted by Gasteiger charge is 2.44. The zero-order valence-electron chi connectivity index (χ0n) is 14.7. The summed E-state index contributed by atoms with van der Waals surface area (Å²) in [5.74, 6) is 0.110. The number of hydrazone groups is 1. The van der Waals surface area contributed by atoms with Gasteiger partial charge in [0.15, 0.2) is 0 Å². The van der Waals surface area contributed by atoms with Crippen molar-refractivity contribution in [2.75, 3.05) is 20.1 Å². The number of fused-ring (bicyclic) bond motifs is 1. The quantitative estimate of drug-likeness (QED) is 0.908. The lowest BCUT2D eigenvalue weighted by Gasteiger charge is -2.33. The number of benzene rings is 2. The smallest absolute Gasteiger partial charge is 0.335 e. The molecule has 1 saturated heterocycles. The Morgan fingerprint density at radius 2 is 1.77 bits per heavy atom. The van der Waals surface area contributed by atoms with E-state index in [1.165, 1.54) is 5.01 Å². The van der Waals surface area contributed by atoms with Crippen LogP contribution in [0.25, 0.3) is 6.08 Å². The lowest BCUT2D eigenvalue weighted by Crippen LogP contribution is -2.42. The Hall–Kier alpha value is -2.92. The van der Waals surface area contributed by atoms with Crippen molar-refractivity contribution in [2.45, 2.75) is 6.04 Å².